The second kappa shape index (κ2) is 6.33. The monoisotopic (exact) mass is 361 g/mol. The SMILES string of the molecule is Clc1cc(CNc2ccc(-c3ccn[nH]3)cc2)ccc1Br. The number of nitrogens with zero attached hydrogens (tertiary/aromatic N) is 1. The summed E-state index contributed by atoms with van der Waals surface area (Å²) in [7, 11) is 0. The fourth-order valence-electron chi connectivity index (χ4n) is 2.04. The van der Waals surface area contributed by atoms with Crippen LogP contribution in [-0.4, -0.2) is 10.2 Å². The predicted molar refractivity (Wildman–Crippen MR) is 90.5 cm³/mol. The van der Waals surface area contributed by atoms with E-state index < -0.39 is 0 Å². The van der Waals surface area contributed by atoms with E-state index in [2.05, 4.69) is 55.7 Å². The van der Waals surface area contributed by atoms with Crippen molar-refractivity contribution in [2.45, 2.75) is 6.54 Å². The number of aromatic amines is 1. The van der Waals surface area contributed by atoms with E-state index in [0.29, 0.717) is 0 Å². The summed E-state index contributed by atoms with van der Waals surface area (Å²) in [5, 5.41) is 11.0. The van der Waals surface area contributed by atoms with Crippen LogP contribution in [0.4, 0.5) is 5.69 Å². The highest BCUT2D eigenvalue weighted by Gasteiger charge is 2.01. The summed E-state index contributed by atoms with van der Waals surface area (Å²) in [6, 6.07) is 16.1. The Hall–Kier alpha value is -1.78. The van der Waals surface area contributed by atoms with Gasteiger partial charge in [0.05, 0.1) is 10.7 Å². The van der Waals surface area contributed by atoms with Crippen molar-refractivity contribution in [1.82, 2.24) is 10.2 Å². The van der Waals surface area contributed by atoms with Gasteiger partial charge < -0.3 is 5.32 Å². The maximum Gasteiger partial charge on any atom is 0.0650 e. The molecule has 3 nitrogen and oxygen atoms in total. The van der Waals surface area contributed by atoms with Crippen molar-refractivity contribution >= 4 is 33.2 Å². The molecule has 1 aromatic heterocycles. The lowest BCUT2D eigenvalue weighted by Gasteiger charge is -2.08. The number of hydrogen-bond acceptors (Lipinski definition) is 2. The Labute approximate surface area is 136 Å². The summed E-state index contributed by atoms with van der Waals surface area (Å²) in [5.74, 6) is 0. The molecule has 0 saturated carbocycles. The first-order valence-electron chi connectivity index (χ1n) is 6.50. The van der Waals surface area contributed by atoms with Crippen LogP contribution in [0.1, 0.15) is 5.56 Å². The lowest BCUT2D eigenvalue weighted by atomic mass is 10.1. The third kappa shape index (κ3) is 3.46. The smallest absolute Gasteiger partial charge is 0.0650 e. The highest BCUT2D eigenvalue weighted by Crippen LogP contribution is 2.24. The highest BCUT2D eigenvalue weighted by atomic mass is 79.9. The Morgan fingerprint density at radius 2 is 1.90 bits per heavy atom. The number of anilines is 1. The van der Waals surface area contributed by atoms with Crippen LogP contribution < -0.4 is 5.32 Å². The van der Waals surface area contributed by atoms with Crippen LogP contribution in [0.5, 0.6) is 0 Å². The number of halogens is 2. The minimum atomic E-state index is 0.726. The first-order chi connectivity index (χ1) is 10.2. The Balaban J connectivity index is 1.66. The third-order valence-electron chi connectivity index (χ3n) is 3.18. The van der Waals surface area contributed by atoms with Crippen molar-refractivity contribution in [3.05, 3.63) is 69.8 Å². The van der Waals surface area contributed by atoms with Crippen molar-refractivity contribution in [2.75, 3.05) is 5.32 Å². The summed E-state index contributed by atoms with van der Waals surface area (Å²) in [6.07, 6.45) is 1.75. The number of H-pyrrole nitrogens is 1. The van der Waals surface area contributed by atoms with Crippen LogP contribution in [0.3, 0.4) is 0 Å². The molecule has 0 bridgehead atoms. The number of aromatic nitrogens is 2. The van der Waals surface area contributed by atoms with Crippen LogP contribution in [0.25, 0.3) is 11.3 Å². The van der Waals surface area contributed by atoms with E-state index in [1.54, 1.807) is 6.20 Å². The van der Waals surface area contributed by atoms with Gasteiger partial charge in [0.1, 0.15) is 0 Å². The molecular weight excluding hydrogens is 350 g/mol. The van der Waals surface area contributed by atoms with Crippen molar-refractivity contribution in [1.29, 1.82) is 0 Å². The topological polar surface area (TPSA) is 40.7 Å². The minimum absolute atomic E-state index is 0.726. The Bertz CT molecular complexity index is 724. The molecule has 2 aromatic carbocycles. The van der Waals surface area contributed by atoms with Crippen LogP contribution in [0, 0.1) is 0 Å². The maximum atomic E-state index is 6.09. The molecular formula is C16H13BrClN3. The zero-order chi connectivity index (χ0) is 14.7. The average molecular weight is 363 g/mol. The Kier molecular flexibility index (Phi) is 4.27. The third-order valence-corrected chi connectivity index (χ3v) is 4.41. The molecule has 3 rings (SSSR count). The van der Waals surface area contributed by atoms with Gasteiger partial charge in [-0.05, 0) is 57.4 Å². The molecule has 0 aliphatic heterocycles. The molecule has 0 radical (unpaired) electrons. The van der Waals surface area contributed by atoms with Crippen LogP contribution in [0.2, 0.25) is 5.02 Å². The quantitative estimate of drug-likeness (QED) is 0.677. The van der Waals surface area contributed by atoms with Gasteiger partial charge in [-0.3, -0.25) is 5.10 Å². The number of hydrogen-bond donors (Lipinski definition) is 2. The molecule has 0 unspecified atom stereocenters. The van der Waals surface area contributed by atoms with E-state index in [9.17, 15) is 0 Å². The summed E-state index contributed by atoms with van der Waals surface area (Å²) < 4.78 is 0.914. The maximum absolute atomic E-state index is 6.09. The number of rotatable bonds is 4. The largest absolute Gasteiger partial charge is 0.381 e. The standard InChI is InChI=1S/C16H13BrClN3/c17-14-6-1-11(9-15(14)18)10-19-13-4-2-12(3-5-13)16-7-8-20-21-16/h1-9,19H,10H2,(H,20,21). The molecule has 0 saturated heterocycles. The van der Waals surface area contributed by atoms with Gasteiger partial charge >= 0.3 is 0 Å². The lowest BCUT2D eigenvalue weighted by molar-refractivity contribution is 1.09. The van der Waals surface area contributed by atoms with Gasteiger partial charge in [0.2, 0.25) is 0 Å². The highest BCUT2D eigenvalue weighted by molar-refractivity contribution is 9.10. The molecule has 0 atom stereocenters. The van der Waals surface area contributed by atoms with E-state index in [1.807, 2.05) is 24.3 Å². The first-order valence-corrected chi connectivity index (χ1v) is 7.67. The zero-order valence-corrected chi connectivity index (χ0v) is 13.4. The van der Waals surface area contributed by atoms with Crippen molar-refractivity contribution in [3.63, 3.8) is 0 Å². The summed E-state index contributed by atoms with van der Waals surface area (Å²) >= 11 is 9.48. The molecule has 0 aliphatic rings. The molecule has 21 heavy (non-hydrogen) atoms. The predicted octanol–water partition coefficient (Wildman–Crippen LogP) is 5.10. The minimum Gasteiger partial charge on any atom is -0.381 e. The molecule has 0 spiro atoms. The van der Waals surface area contributed by atoms with E-state index in [0.717, 1.165) is 38.5 Å². The van der Waals surface area contributed by atoms with Gasteiger partial charge in [-0.15, -0.1) is 0 Å². The van der Waals surface area contributed by atoms with Gasteiger partial charge in [-0.25, -0.2) is 0 Å². The van der Waals surface area contributed by atoms with Crippen LogP contribution >= 0.6 is 27.5 Å². The Morgan fingerprint density at radius 3 is 2.57 bits per heavy atom. The van der Waals surface area contributed by atoms with Gasteiger partial charge in [0.25, 0.3) is 0 Å². The fraction of sp³-hybridized carbons (Fsp3) is 0.0625. The van der Waals surface area contributed by atoms with Gasteiger partial charge in [0.15, 0.2) is 0 Å². The van der Waals surface area contributed by atoms with Gasteiger partial charge in [-0.2, -0.15) is 5.10 Å². The normalized spacial score (nSPS) is 10.6. The summed E-state index contributed by atoms with van der Waals surface area (Å²) in [4.78, 5) is 0. The first kappa shape index (κ1) is 14.2. The number of nitrogens with one attached hydrogen (secondary N) is 2. The average Bonchev–Trinajstić information content (AvgIpc) is 3.03. The zero-order valence-electron chi connectivity index (χ0n) is 11.1. The molecule has 0 aliphatic carbocycles. The molecule has 106 valence electrons. The van der Waals surface area contributed by atoms with E-state index >= 15 is 0 Å². The van der Waals surface area contributed by atoms with Crippen LogP contribution in [-0.2, 0) is 6.54 Å². The van der Waals surface area contributed by atoms with E-state index in [1.165, 1.54) is 0 Å². The molecule has 1 heterocycles. The molecule has 3 aromatic rings. The Morgan fingerprint density at radius 1 is 1.10 bits per heavy atom. The number of benzene rings is 2. The molecule has 0 amide bonds. The van der Waals surface area contributed by atoms with E-state index in [4.69, 9.17) is 11.6 Å². The fourth-order valence-corrected chi connectivity index (χ4v) is 2.49. The van der Waals surface area contributed by atoms with Gasteiger partial charge in [0, 0.05) is 22.9 Å². The molecule has 0 fully saturated rings. The van der Waals surface area contributed by atoms with Crippen molar-refractivity contribution in [2.24, 2.45) is 0 Å². The molecule has 2 N–H and O–H groups in total. The second-order valence-corrected chi connectivity index (χ2v) is 5.91. The van der Waals surface area contributed by atoms with Crippen molar-refractivity contribution < 1.29 is 0 Å². The summed E-state index contributed by atoms with van der Waals surface area (Å²) in [5.41, 5.74) is 4.34. The summed E-state index contributed by atoms with van der Waals surface area (Å²) in [6.45, 7) is 0.733. The van der Waals surface area contributed by atoms with Gasteiger partial charge in [-0.1, -0.05) is 29.8 Å². The lowest BCUT2D eigenvalue weighted by Crippen LogP contribution is -1.99. The molecule has 5 heteroatoms. The second-order valence-electron chi connectivity index (χ2n) is 4.65. The van der Waals surface area contributed by atoms with Crippen LogP contribution in [0.15, 0.2) is 59.2 Å². The van der Waals surface area contributed by atoms with Crippen molar-refractivity contribution in [3.8, 4) is 11.3 Å². The van der Waals surface area contributed by atoms with E-state index in [-0.39, 0.29) is 0 Å².